The molecular formula is C9H8ClN3O. The van der Waals surface area contributed by atoms with Gasteiger partial charge in [-0.05, 0) is 6.07 Å². The van der Waals surface area contributed by atoms with Crippen LogP contribution in [0.5, 0.6) is 0 Å². The smallest absolute Gasteiger partial charge is 0.229 e. The number of rotatable bonds is 1. The van der Waals surface area contributed by atoms with Crippen LogP contribution in [0.2, 0.25) is 5.15 Å². The second-order valence-corrected chi connectivity index (χ2v) is 2.91. The maximum Gasteiger partial charge on any atom is 0.229 e. The summed E-state index contributed by atoms with van der Waals surface area (Å²) in [6.45, 7) is 0. The summed E-state index contributed by atoms with van der Waals surface area (Å²) in [6, 6.07) is 1.59. The Kier molecular flexibility index (Phi) is 3.32. The van der Waals surface area contributed by atoms with Crippen molar-refractivity contribution in [3.05, 3.63) is 23.0 Å². The lowest BCUT2D eigenvalue weighted by molar-refractivity contribution is -0.117. The Labute approximate surface area is 86.3 Å². The summed E-state index contributed by atoms with van der Waals surface area (Å²) in [5.74, 6) is 4.74. The minimum atomic E-state index is -0.481. The Morgan fingerprint density at radius 3 is 3.00 bits per heavy atom. The van der Waals surface area contributed by atoms with Crippen molar-refractivity contribution in [3.63, 3.8) is 0 Å². The molecule has 0 radical (unpaired) electrons. The molecule has 5 heteroatoms. The number of carbonyl (C=O) groups excluding carboxylic acids is 1. The first kappa shape index (κ1) is 10.4. The van der Waals surface area contributed by atoms with E-state index in [1.54, 1.807) is 6.07 Å². The number of primary amides is 1. The zero-order valence-corrected chi connectivity index (χ0v) is 8.01. The van der Waals surface area contributed by atoms with Crippen molar-refractivity contribution < 1.29 is 4.79 Å². The number of nitrogens with two attached hydrogens (primary N) is 2. The van der Waals surface area contributed by atoms with E-state index in [9.17, 15) is 4.79 Å². The van der Waals surface area contributed by atoms with Crippen molar-refractivity contribution in [1.29, 1.82) is 0 Å². The zero-order valence-electron chi connectivity index (χ0n) is 7.25. The van der Waals surface area contributed by atoms with Crippen LogP contribution in [0.3, 0.4) is 0 Å². The number of amides is 1. The summed E-state index contributed by atoms with van der Waals surface area (Å²) in [7, 11) is 0. The Balaban J connectivity index is 2.88. The SMILES string of the molecule is NC(=O)CC#Cc1cc(N)cnc1Cl. The Hall–Kier alpha value is -1.73. The van der Waals surface area contributed by atoms with Gasteiger partial charge in [-0.3, -0.25) is 4.79 Å². The van der Waals surface area contributed by atoms with Crippen LogP contribution in [-0.4, -0.2) is 10.9 Å². The fourth-order valence-corrected chi connectivity index (χ4v) is 0.929. The van der Waals surface area contributed by atoms with Crippen LogP contribution in [0.15, 0.2) is 12.3 Å². The lowest BCUT2D eigenvalue weighted by atomic mass is 10.2. The lowest BCUT2D eigenvalue weighted by Gasteiger charge is -1.95. The van der Waals surface area contributed by atoms with Gasteiger partial charge >= 0.3 is 0 Å². The molecular weight excluding hydrogens is 202 g/mol. The molecule has 0 aliphatic carbocycles. The first-order valence-corrected chi connectivity index (χ1v) is 4.15. The Morgan fingerprint density at radius 1 is 1.64 bits per heavy atom. The number of nitrogens with zero attached hydrogens (tertiary/aromatic N) is 1. The average Bonchev–Trinajstić information content (AvgIpc) is 2.10. The number of pyridine rings is 1. The van der Waals surface area contributed by atoms with Crippen LogP contribution >= 0.6 is 11.6 Å². The van der Waals surface area contributed by atoms with Crippen LogP contribution < -0.4 is 11.5 Å². The molecule has 0 aliphatic rings. The van der Waals surface area contributed by atoms with Gasteiger partial charge in [-0.2, -0.15) is 0 Å². The predicted octanol–water partition coefficient (Wildman–Crippen LogP) is 0.544. The topological polar surface area (TPSA) is 82.0 Å². The number of hydrogen-bond donors (Lipinski definition) is 2. The molecule has 72 valence electrons. The quantitative estimate of drug-likeness (QED) is 0.523. The molecule has 0 unspecified atom stereocenters. The van der Waals surface area contributed by atoms with Gasteiger partial charge in [0.1, 0.15) is 5.15 Å². The van der Waals surface area contributed by atoms with E-state index >= 15 is 0 Å². The number of carbonyl (C=O) groups is 1. The number of halogens is 1. The molecule has 0 fully saturated rings. The van der Waals surface area contributed by atoms with Crippen LogP contribution in [0, 0.1) is 11.8 Å². The molecule has 0 saturated heterocycles. The first-order chi connectivity index (χ1) is 6.59. The normalized spacial score (nSPS) is 8.93. The van der Waals surface area contributed by atoms with E-state index in [2.05, 4.69) is 16.8 Å². The first-order valence-electron chi connectivity index (χ1n) is 3.78. The van der Waals surface area contributed by atoms with Crippen molar-refractivity contribution in [1.82, 2.24) is 4.98 Å². The number of nitrogen functional groups attached to an aromatic ring is 1. The van der Waals surface area contributed by atoms with Gasteiger partial charge in [0.15, 0.2) is 0 Å². The molecule has 0 saturated carbocycles. The zero-order chi connectivity index (χ0) is 10.6. The molecule has 14 heavy (non-hydrogen) atoms. The summed E-state index contributed by atoms with van der Waals surface area (Å²) in [4.78, 5) is 14.2. The number of aromatic nitrogens is 1. The molecule has 1 aromatic heterocycles. The highest BCUT2D eigenvalue weighted by molar-refractivity contribution is 6.30. The highest BCUT2D eigenvalue weighted by atomic mass is 35.5. The van der Waals surface area contributed by atoms with Gasteiger partial charge in [0.25, 0.3) is 0 Å². The molecule has 4 nitrogen and oxygen atoms in total. The minimum absolute atomic E-state index is 0.00880. The molecule has 0 atom stereocenters. The van der Waals surface area contributed by atoms with E-state index in [0.29, 0.717) is 11.3 Å². The fraction of sp³-hybridized carbons (Fsp3) is 0.111. The molecule has 0 aromatic carbocycles. The second kappa shape index (κ2) is 4.49. The van der Waals surface area contributed by atoms with E-state index in [1.165, 1.54) is 6.20 Å². The fourth-order valence-electron chi connectivity index (χ4n) is 0.778. The van der Waals surface area contributed by atoms with Crippen LogP contribution in [-0.2, 0) is 4.79 Å². The van der Waals surface area contributed by atoms with E-state index in [4.69, 9.17) is 23.1 Å². The van der Waals surface area contributed by atoms with Gasteiger partial charge in [0.05, 0.1) is 23.9 Å². The molecule has 1 amide bonds. The van der Waals surface area contributed by atoms with E-state index in [0.717, 1.165) is 0 Å². The highest BCUT2D eigenvalue weighted by Gasteiger charge is 1.98. The minimum Gasteiger partial charge on any atom is -0.397 e. The largest absolute Gasteiger partial charge is 0.397 e. The molecule has 0 aliphatic heterocycles. The number of hydrogen-bond acceptors (Lipinski definition) is 3. The number of anilines is 1. The highest BCUT2D eigenvalue weighted by Crippen LogP contribution is 2.13. The summed E-state index contributed by atoms with van der Waals surface area (Å²) < 4.78 is 0. The van der Waals surface area contributed by atoms with Crippen molar-refractivity contribution in [3.8, 4) is 11.8 Å². The van der Waals surface area contributed by atoms with Gasteiger partial charge in [-0.1, -0.05) is 23.4 Å². The van der Waals surface area contributed by atoms with Gasteiger partial charge < -0.3 is 11.5 Å². The van der Waals surface area contributed by atoms with Crippen molar-refractivity contribution in [2.75, 3.05) is 5.73 Å². The third-order valence-corrected chi connectivity index (χ3v) is 1.65. The Bertz CT molecular complexity index is 420. The molecule has 1 rings (SSSR count). The molecule has 1 aromatic rings. The third kappa shape index (κ3) is 2.96. The molecule has 0 spiro atoms. The van der Waals surface area contributed by atoms with Crippen molar-refractivity contribution in [2.24, 2.45) is 5.73 Å². The van der Waals surface area contributed by atoms with Crippen LogP contribution in [0.1, 0.15) is 12.0 Å². The molecule has 1 heterocycles. The lowest BCUT2D eigenvalue weighted by Crippen LogP contribution is -2.08. The summed E-state index contributed by atoms with van der Waals surface area (Å²) in [5.41, 5.74) is 11.4. The average molecular weight is 210 g/mol. The van der Waals surface area contributed by atoms with E-state index < -0.39 is 5.91 Å². The maximum absolute atomic E-state index is 10.4. The van der Waals surface area contributed by atoms with Gasteiger partial charge in [0, 0.05) is 0 Å². The van der Waals surface area contributed by atoms with E-state index in [-0.39, 0.29) is 11.6 Å². The summed E-state index contributed by atoms with van der Waals surface area (Å²) >= 11 is 5.73. The Morgan fingerprint density at radius 2 is 2.36 bits per heavy atom. The van der Waals surface area contributed by atoms with Crippen LogP contribution in [0.25, 0.3) is 0 Å². The molecule has 4 N–H and O–H groups in total. The van der Waals surface area contributed by atoms with Gasteiger partial charge in [-0.25, -0.2) is 4.98 Å². The van der Waals surface area contributed by atoms with Gasteiger partial charge in [0.2, 0.25) is 5.91 Å². The van der Waals surface area contributed by atoms with Crippen molar-refractivity contribution >= 4 is 23.2 Å². The van der Waals surface area contributed by atoms with Gasteiger partial charge in [-0.15, -0.1) is 0 Å². The third-order valence-electron chi connectivity index (χ3n) is 1.35. The monoisotopic (exact) mass is 209 g/mol. The van der Waals surface area contributed by atoms with Crippen LogP contribution in [0.4, 0.5) is 5.69 Å². The molecule has 0 bridgehead atoms. The summed E-state index contributed by atoms with van der Waals surface area (Å²) in [5, 5.41) is 0.260. The second-order valence-electron chi connectivity index (χ2n) is 2.55. The summed E-state index contributed by atoms with van der Waals surface area (Å²) in [6.07, 6.45) is 1.42. The van der Waals surface area contributed by atoms with E-state index in [1.807, 2.05) is 0 Å². The maximum atomic E-state index is 10.4. The predicted molar refractivity (Wildman–Crippen MR) is 54.3 cm³/mol. The van der Waals surface area contributed by atoms with Crippen molar-refractivity contribution in [2.45, 2.75) is 6.42 Å². The standard InChI is InChI=1S/C9H8ClN3O/c10-9-6(2-1-3-8(12)14)4-7(11)5-13-9/h4-5H,3,11H2,(H2,12,14).